The molecular formula is C13H19NO2. The van der Waals surface area contributed by atoms with Gasteiger partial charge in [0.25, 0.3) is 0 Å². The third kappa shape index (κ3) is 2.36. The Hall–Kier alpha value is -1.06. The smallest absolute Gasteiger partial charge is 0.119 e. The van der Waals surface area contributed by atoms with Gasteiger partial charge in [0.2, 0.25) is 0 Å². The van der Waals surface area contributed by atoms with Gasteiger partial charge in [0.05, 0.1) is 6.61 Å². The van der Waals surface area contributed by atoms with E-state index in [1.54, 1.807) is 0 Å². The third-order valence-corrected chi connectivity index (χ3v) is 3.44. The second kappa shape index (κ2) is 4.85. The van der Waals surface area contributed by atoms with Crippen LogP contribution < -0.4 is 10.1 Å². The largest absolute Gasteiger partial charge is 0.490 e. The van der Waals surface area contributed by atoms with Crippen molar-refractivity contribution >= 4 is 0 Å². The van der Waals surface area contributed by atoms with Crippen molar-refractivity contribution in [2.75, 3.05) is 13.7 Å². The van der Waals surface area contributed by atoms with Gasteiger partial charge in [-0.05, 0) is 32.0 Å². The number of nitrogens with one attached hydrogen (secondary N) is 1. The van der Waals surface area contributed by atoms with Gasteiger partial charge in [-0.15, -0.1) is 0 Å². The summed E-state index contributed by atoms with van der Waals surface area (Å²) in [6.07, 6.45) is 3.05. The summed E-state index contributed by atoms with van der Waals surface area (Å²) < 4.78 is 5.88. The Morgan fingerprint density at radius 2 is 2.19 bits per heavy atom. The molecule has 1 aromatic rings. The molecule has 2 atom stereocenters. The van der Waals surface area contributed by atoms with Crippen LogP contribution >= 0.6 is 0 Å². The van der Waals surface area contributed by atoms with Crippen LogP contribution in [0, 0.1) is 0 Å². The van der Waals surface area contributed by atoms with Crippen LogP contribution in [0.15, 0.2) is 30.3 Å². The highest BCUT2D eigenvalue weighted by molar-refractivity contribution is 5.21. The molecular weight excluding hydrogens is 202 g/mol. The van der Waals surface area contributed by atoms with Crippen LogP contribution in [0.25, 0.3) is 0 Å². The third-order valence-electron chi connectivity index (χ3n) is 3.44. The quantitative estimate of drug-likeness (QED) is 0.811. The Bertz CT molecular complexity index is 322. The Morgan fingerprint density at radius 1 is 1.44 bits per heavy atom. The lowest BCUT2D eigenvalue weighted by molar-refractivity contribution is 0.146. The molecule has 3 nitrogen and oxygen atoms in total. The zero-order chi connectivity index (χ0) is 11.4. The SMILES string of the molecule is CNC1(CO)CCC(Oc2ccccc2)C1. The number of ether oxygens (including phenoxy) is 1. The van der Waals surface area contributed by atoms with Crippen molar-refractivity contribution in [2.24, 2.45) is 0 Å². The summed E-state index contributed by atoms with van der Waals surface area (Å²) in [6, 6.07) is 9.87. The van der Waals surface area contributed by atoms with Crippen molar-refractivity contribution in [3.8, 4) is 5.75 Å². The lowest BCUT2D eigenvalue weighted by Gasteiger charge is -2.26. The van der Waals surface area contributed by atoms with Gasteiger partial charge in [-0.2, -0.15) is 0 Å². The van der Waals surface area contributed by atoms with Crippen molar-refractivity contribution < 1.29 is 9.84 Å². The lowest BCUT2D eigenvalue weighted by atomic mass is 9.99. The number of aliphatic hydroxyl groups is 1. The van der Waals surface area contributed by atoms with Crippen LogP contribution in [0.3, 0.4) is 0 Å². The lowest BCUT2D eigenvalue weighted by Crippen LogP contribution is -2.44. The van der Waals surface area contributed by atoms with E-state index in [4.69, 9.17) is 4.74 Å². The molecule has 16 heavy (non-hydrogen) atoms. The van der Waals surface area contributed by atoms with Crippen molar-refractivity contribution in [1.29, 1.82) is 0 Å². The van der Waals surface area contributed by atoms with E-state index in [-0.39, 0.29) is 18.2 Å². The molecule has 1 aliphatic rings. The molecule has 0 aliphatic heterocycles. The maximum atomic E-state index is 9.38. The van der Waals surface area contributed by atoms with E-state index in [1.165, 1.54) is 0 Å². The number of likely N-dealkylation sites (N-methyl/N-ethyl adjacent to an activating group) is 1. The summed E-state index contributed by atoms with van der Waals surface area (Å²) in [6.45, 7) is 0.179. The molecule has 2 N–H and O–H groups in total. The summed E-state index contributed by atoms with van der Waals surface area (Å²) in [5.74, 6) is 0.914. The van der Waals surface area contributed by atoms with Crippen LogP contribution in [-0.4, -0.2) is 30.4 Å². The maximum Gasteiger partial charge on any atom is 0.119 e. The number of rotatable bonds is 4. The number of hydrogen-bond donors (Lipinski definition) is 2. The molecule has 0 saturated heterocycles. The van der Waals surface area contributed by atoms with Crippen molar-refractivity contribution in [3.05, 3.63) is 30.3 Å². The standard InChI is InChI=1S/C13H19NO2/c1-14-13(10-15)8-7-12(9-13)16-11-5-3-2-4-6-11/h2-6,12,14-15H,7-10H2,1H3. The molecule has 0 bridgehead atoms. The molecule has 1 aliphatic carbocycles. The second-order valence-corrected chi connectivity index (χ2v) is 4.48. The topological polar surface area (TPSA) is 41.5 Å². The Balaban J connectivity index is 1.95. The summed E-state index contributed by atoms with van der Waals surface area (Å²) in [7, 11) is 1.90. The van der Waals surface area contributed by atoms with E-state index in [1.807, 2.05) is 37.4 Å². The molecule has 1 saturated carbocycles. The number of para-hydroxylation sites is 1. The summed E-state index contributed by atoms with van der Waals surface area (Å²) in [4.78, 5) is 0. The van der Waals surface area contributed by atoms with Gasteiger partial charge >= 0.3 is 0 Å². The average molecular weight is 221 g/mol. The first-order valence-electron chi connectivity index (χ1n) is 5.79. The van der Waals surface area contributed by atoms with Gasteiger partial charge in [0.1, 0.15) is 11.9 Å². The Morgan fingerprint density at radius 3 is 2.75 bits per heavy atom. The average Bonchev–Trinajstić information content (AvgIpc) is 2.75. The minimum absolute atomic E-state index is 0.139. The number of benzene rings is 1. The van der Waals surface area contributed by atoms with E-state index >= 15 is 0 Å². The van der Waals surface area contributed by atoms with Gasteiger partial charge in [-0.3, -0.25) is 0 Å². The second-order valence-electron chi connectivity index (χ2n) is 4.48. The first-order chi connectivity index (χ1) is 7.78. The zero-order valence-corrected chi connectivity index (χ0v) is 9.65. The first kappa shape index (κ1) is 11.4. The minimum Gasteiger partial charge on any atom is -0.490 e. The fraction of sp³-hybridized carbons (Fsp3) is 0.538. The fourth-order valence-corrected chi connectivity index (χ4v) is 2.32. The van der Waals surface area contributed by atoms with Crippen LogP contribution in [0.5, 0.6) is 5.75 Å². The highest BCUT2D eigenvalue weighted by Gasteiger charge is 2.38. The summed E-state index contributed by atoms with van der Waals surface area (Å²) >= 11 is 0. The zero-order valence-electron chi connectivity index (χ0n) is 9.65. The predicted octanol–water partition coefficient (Wildman–Crippen LogP) is 1.57. The van der Waals surface area contributed by atoms with Gasteiger partial charge < -0.3 is 15.2 Å². The van der Waals surface area contributed by atoms with Gasteiger partial charge in [-0.1, -0.05) is 18.2 Å². The van der Waals surface area contributed by atoms with Crippen LogP contribution in [-0.2, 0) is 0 Å². The fourth-order valence-electron chi connectivity index (χ4n) is 2.32. The van der Waals surface area contributed by atoms with Crippen LogP contribution in [0.1, 0.15) is 19.3 Å². The summed E-state index contributed by atoms with van der Waals surface area (Å²) in [5, 5.41) is 12.6. The highest BCUT2D eigenvalue weighted by Crippen LogP contribution is 2.32. The molecule has 2 unspecified atom stereocenters. The Kier molecular flexibility index (Phi) is 3.46. The molecule has 2 rings (SSSR count). The normalized spacial score (nSPS) is 29.2. The predicted molar refractivity (Wildman–Crippen MR) is 63.6 cm³/mol. The van der Waals surface area contributed by atoms with E-state index in [0.717, 1.165) is 25.0 Å². The number of hydrogen-bond acceptors (Lipinski definition) is 3. The molecule has 0 spiro atoms. The van der Waals surface area contributed by atoms with Crippen molar-refractivity contribution in [3.63, 3.8) is 0 Å². The van der Waals surface area contributed by atoms with E-state index in [0.29, 0.717) is 0 Å². The minimum atomic E-state index is -0.139. The first-order valence-corrected chi connectivity index (χ1v) is 5.79. The van der Waals surface area contributed by atoms with E-state index in [2.05, 4.69) is 5.32 Å². The monoisotopic (exact) mass is 221 g/mol. The van der Waals surface area contributed by atoms with Crippen molar-refractivity contribution in [2.45, 2.75) is 30.9 Å². The van der Waals surface area contributed by atoms with Crippen molar-refractivity contribution in [1.82, 2.24) is 5.32 Å². The van der Waals surface area contributed by atoms with Gasteiger partial charge in [0, 0.05) is 12.0 Å². The van der Waals surface area contributed by atoms with Gasteiger partial charge in [0.15, 0.2) is 0 Å². The molecule has 0 radical (unpaired) electrons. The molecule has 1 aromatic carbocycles. The van der Waals surface area contributed by atoms with Gasteiger partial charge in [-0.25, -0.2) is 0 Å². The molecule has 1 fully saturated rings. The van der Waals surface area contributed by atoms with E-state index < -0.39 is 0 Å². The Labute approximate surface area is 96.4 Å². The molecule has 0 amide bonds. The van der Waals surface area contributed by atoms with Crippen LogP contribution in [0.4, 0.5) is 0 Å². The molecule has 0 aromatic heterocycles. The molecule has 3 heteroatoms. The molecule has 0 heterocycles. The molecule has 88 valence electrons. The highest BCUT2D eigenvalue weighted by atomic mass is 16.5. The number of aliphatic hydroxyl groups excluding tert-OH is 1. The van der Waals surface area contributed by atoms with E-state index in [9.17, 15) is 5.11 Å². The maximum absolute atomic E-state index is 9.38. The van der Waals surface area contributed by atoms with Crippen LogP contribution in [0.2, 0.25) is 0 Å². The summed E-state index contributed by atoms with van der Waals surface area (Å²) in [5.41, 5.74) is -0.139.